The number of allylic oxidation sites excluding steroid dienone is 2. The fraction of sp³-hybridized carbons (Fsp3) is 0.500. The number of nitrogens with one attached hydrogen (secondary N) is 1. The van der Waals surface area contributed by atoms with Crippen LogP contribution in [0.25, 0.3) is 6.08 Å². The van der Waals surface area contributed by atoms with E-state index in [4.69, 9.17) is 10.5 Å². The number of ketones is 1. The minimum absolute atomic E-state index is 0.0238. The molecular weight excluding hydrogens is 548 g/mol. The van der Waals surface area contributed by atoms with Gasteiger partial charge in [-0.25, -0.2) is 19.8 Å². The maximum atomic E-state index is 13.0. The predicted molar refractivity (Wildman–Crippen MR) is 164 cm³/mol. The number of ether oxygens (including phenoxy) is 1. The van der Waals surface area contributed by atoms with Crippen molar-refractivity contribution in [1.82, 2.24) is 15.3 Å². The van der Waals surface area contributed by atoms with Gasteiger partial charge in [-0.15, -0.1) is 0 Å². The van der Waals surface area contributed by atoms with Crippen molar-refractivity contribution >= 4 is 35.8 Å². The lowest BCUT2D eigenvalue weighted by Gasteiger charge is -2.61. The van der Waals surface area contributed by atoms with Crippen LogP contribution in [0.4, 0.5) is 5.95 Å². The van der Waals surface area contributed by atoms with Gasteiger partial charge in [-0.2, -0.15) is 0 Å². The fourth-order valence-corrected chi connectivity index (χ4v) is 7.13. The van der Waals surface area contributed by atoms with E-state index in [0.29, 0.717) is 48.5 Å². The van der Waals surface area contributed by atoms with Gasteiger partial charge in [0.1, 0.15) is 11.6 Å². The molecule has 0 spiro atoms. The Labute approximate surface area is 251 Å². The number of Topliss-reactive ketones (excluding diaryl/α,β-unsaturated/α-hetero) is 1. The third-order valence-electron chi connectivity index (χ3n) is 9.75. The van der Waals surface area contributed by atoms with Gasteiger partial charge in [0, 0.05) is 41.5 Å². The molecule has 11 nitrogen and oxygen atoms in total. The number of nitrogens with zero attached hydrogens (tertiary/aromatic N) is 4. The maximum absolute atomic E-state index is 13.0. The SMILES string of the molecule is C=C1C(NC(C)C(=O)CC2=NCC=N2)CC2[C@](C)(CC[C@@H](O)[C@@]2(C)CO)C1/C=C/C1=CC(=C\c2cnc(N)nc2)/OC1=O. The Hall–Kier alpha value is -3.80. The molecule has 2 fully saturated rings. The highest BCUT2D eigenvalue weighted by Crippen LogP contribution is 2.61. The van der Waals surface area contributed by atoms with Gasteiger partial charge in [-0.05, 0) is 49.7 Å². The summed E-state index contributed by atoms with van der Waals surface area (Å²) in [5, 5.41) is 25.1. The number of carbonyl (C=O) groups excluding carboxylic acids is 2. The van der Waals surface area contributed by atoms with Gasteiger partial charge in [0.15, 0.2) is 5.78 Å². The van der Waals surface area contributed by atoms with Crippen molar-refractivity contribution in [2.45, 2.75) is 64.6 Å². The van der Waals surface area contributed by atoms with E-state index in [1.165, 1.54) is 0 Å². The molecule has 2 aliphatic carbocycles. The summed E-state index contributed by atoms with van der Waals surface area (Å²) in [5.41, 5.74) is 6.37. The number of aliphatic hydroxyl groups is 2. The normalized spacial score (nSPS) is 33.8. The van der Waals surface area contributed by atoms with E-state index in [2.05, 4.69) is 38.8 Å². The largest absolute Gasteiger partial charge is 0.423 e. The Kier molecular flexibility index (Phi) is 8.60. The molecule has 4 unspecified atom stereocenters. The summed E-state index contributed by atoms with van der Waals surface area (Å²) in [7, 11) is 0. The molecule has 11 heteroatoms. The Balaban J connectivity index is 1.42. The van der Waals surface area contributed by atoms with Crippen LogP contribution in [0.3, 0.4) is 0 Å². The Morgan fingerprint density at radius 2 is 2.07 bits per heavy atom. The number of aliphatic hydroxyl groups excluding tert-OH is 2. The van der Waals surface area contributed by atoms with E-state index in [0.717, 1.165) is 5.57 Å². The minimum Gasteiger partial charge on any atom is -0.423 e. The van der Waals surface area contributed by atoms with Crippen LogP contribution < -0.4 is 11.1 Å². The van der Waals surface area contributed by atoms with E-state index in [9.17, 15) is 19.8 Å². The van der Waals surface area contributed by atoms with Crippen molar-refractivity contribution in [2.24, 2.45) is 32.7 Å². The van der Waals surface area contributed by atoms with Gasteiger partial charge < -0.3 is 26.0 Å². The van der Waals surface area contributed by atoms with Crippen LogP contribution in [-0.4, -0.2) is 75.3 Å². The molecule has 1 aromatic rings. The summed E-state index contributed by atoms with van der Waals surface area (Å²) in [6, 6.07) is -0.747. The number of aromatic nitrogens is 2. The number of aliphatic imine (C=N–C) groups is 2. The number of esters is 1. The lowest BCUT2D eigenvalue weighted by Crippen LogP contribution is -2.61. The lowest BCUT2D eigenvalue weighted by molar-refractivity contribution is -0.149. The monoisotopic (exact) mass is 588 g/mol. The first kappa shape index (κ1) is 30.7. The standard InChI is InChI=1S/C32H40N6O5/c1-18-23(6-5-21-12-22(43-29(21)42)11-20-15-36-30(33)37-16-20)31(3)8-7-27(41)32(4,17-39)26(31)13-24(18)38-19(2)25(40)14-28-34-9-10-35-28/h5-6,9,11-12,15-16,19,23-24,26-27,38-39,41H,1,7-8,10,13-14,17H2,2-4H3,(H2,33,36,37)/b6-5+,22-11+/t19?,23?,24?,26?,27-,31-,32+/m1/s1. The first-order valence-electron chi connectivity index (χ1n) is 14.7. The Morgan fingerprint density at radius 3 is 2.74 bits per heavy atom. The first-order valence-corrected chi connectivity index (χ1v) is 14.7. The fourth-order valence-electron chi connectivity index (χ4n) is 7.13. The third kappa shape index (κ3) is 6.02. The van der Waals surface area contributed by atoms with E-state index in [-0.39, 0.29) is 48.1 Å². The number of nitrogen functional groups attached to an aromatic ring is 1. The first-order chi connectivity index (χ1) is 20.4. The predicted octanol–water partition coefficient (Wildman–Crippen LogP) is 2.58. The molecule has 0 aromatic carbocycles. The topological polar surface area (TPSA) is 172 Å². The number of carbonyl (C=O) groups is 2. The highest BCUT2D eigenvalue weighted by molar-refractivity contribution is 6.07. The van der Waals surface area contributed by atoms with Crippen molar-refractivity contribution in [2.75, 3.05) is 18.9 Å². The molecule has 1 aromatic heterocycles. The number of anilines is 1. The molecule has 228 valence electrons. The van der Waals surface area contributed by atoms with Crippen molar-refractivity contribution < 1.29 is 24.5 Å². The number of fused-ring (bicyclic) bond motifs is 1. The average molecular weight is 589 g/mol. The Morgan fingerprint density at radius 1 is 1.33 bits per heavy atom. The van der Waals surface area contributed by atoms with Gasteiger partial charge >= 0.3 is 5.97 Å². The zero-order valence-electron chi connectivity index (χ0n) is 24.9. The van der Waals surface area contributed by atoms with Crippen LogP contribution in [0.2, 0.25) is 0 Å². The molecular formula is C32H40N6O5. The molecule has 2 aliphatic heterocycles. The number of cyclic esters (lactones) is 1. The summed E-state index contributed by atoms with van der Waals surface area (Å²) in [4.78, 5) is 42.1. The van der Waals surface area contributed by atoms with E-state index < -0.39 is 23.5 Å². The van der Waals surface area contributed by atoms with Crippen molar-refractivity contribution in [3.63, 3.8) is 0 Å². The molecule has 43 heavy (non-hydrogen) atoms. The van der Waals surface area contributed by atoms with E-state index >= 15 is 0 Å². The number of hydrogen-bond acceptors (Lipinski definition) is 11. The number of amidine groups is 1. The summed E-state index contributed by atoms with van der Waals surface area (Å²) in [6.07, 6.45) is 13.2. The molecule has 3 heterocycles. The van der Waals surface area contributed by atoms with Gasteiger partial charge in [-0.3, -0.25) is 9.79 Å². The van der Waals surface area contributed by atoms with Crippen LogP contribution in [0.15, 0.2) is 64.1 Å². The molecule has 7 atom stereocenters. The highest BCUT2D eigenvalue weighted by atomic mass is 16.5. The molecule has 5 N–H and O–H groups in total. The summed E-state index contributed by atoms with van der Waals surface area (Å²) < 4.78 is 5.46. The lowest BCUT2D eigenvalue weighted by atomic mass is 9.45. The summed E-state index contributed by atoms with van der Waals surface area (Å²) in [6.45, 7) is 10.8. The van der Waals surface area contributed by atoms with Crippen molar-refractivity contribution in [3.8, 4) is 0 Å². The second-order valence-electron chi connectivity index (χ2n) is 12.5. The van der Waals surface area contributed by atoms with Gasteiger partial charge in [0.05, 0.1) is 37.3 Å². The maximum Gasteiger partial charge on any atom is 0.343 e. The van der Waals surface area contributed by atoms with E-state index in [1.807, 2.05) is 19.9 Å². The molecule has 0 amide bonds. The second kappa shape index (κ2) is 12.1. The smallest absolute Gasteiger partial charge is 0.343 e. The summed E-state index contributed by atoms with van der Waals surface area (Å²) in [5.74, 6) is 0.245. The number of rotatable bonds is 9. The highest BCUT2D eigenvalue weighted by Gasteiger charge is 2.59. The van der Waals surface area contributed by atoms with Crippen LogP contribution in [0, 0.1) is 22.7 Å². The van der Waals surface area contributed by atoms with Crippen molar-refractivity contribution in [3.05, 3.63) is 59.7 Å². The van der Waals surface area contributed by atoms with Crippen LogP contribution in [0.5, 0.6) is 0 Å². The zero-order chi connectivity index (χ0) is 30.9. The zero-order valence-corrected chi connectivity index (χ0v) is 24.9. The van der Waals surface area contributed by atoms with Crippen molar-refractivity contribution in [1.29, 1.82) is 0 Å². The average Bonchev–Trinajstić information content (AvgIpc) is 3.62. The summed E-state index contributed by atoms with van der Waals surface area (Å²) >= 11 is 0. The minimum atomic E-state index is -0.747. The van der Waals surface area contributed by atoms with Gasteiger partial charge in [-0.1, -0.05) is 38.2 Å². The Bertz CT molecular complexity index is 1450. The van der Waals surface area contributed by atoms with Crippen LogP contribution >= 0.6 is 0 Å². The number of hydrogen-bond donors (Lipinski definition) is 4. The second-order valence-corrected chi connectivity index (χ2v) is 12.5. The third-order valence-corrected chi connectivity index (χ3v) is 9.75. The van der Waals surface area contributed by atoms with Gasteiger partial charge in [0.25, 0.3) is 0 Å². The molecule has 0 bridgehead atoms. The van der Waals surface area contributed by atoms with Crippen LogP contribution in [-0.2, 0) is 14.3 Å². The molecule has 4 aliphatic rings. The van der Waals surface area contributed by atoms with E-state index in [1.54, 1.807) is 36.8 Å². The molecule has 2 saturated carbocycles. The quantitative estimate of drug-likeness (QED) is 0.250. The van der Waals surface area contributed by atoms with Gasteiger partial charge in [0.2, 0.25) is 5.95 Å². The molecule has 0 saturated heterocycles. The molecule has 0 radical (unpaired) electrons. The molecule has 5 rings (SSSR count). The number of nitrogens with two attached hydrogens (primary N) is 1. The van der Waals surface area contributed by atoms with Crippen LogP contribution in [0.1, 0.15) is 52.0 Å².